The van der Waals surface area contributed by atoms with E-state index in [1.807, 2.05) is 0 Å². The summed E-state index contributed by atoms with van der Waals surface area (Å²) in [6.45, 7) is 0. The van der Waals surface area contributed by atoms with Crippen LogP contribution in [0.5, 0.6) is 0 Å². The van der Waals surface area contributed by atoms with Crippen LogP contribution in [-0.4, -0.2) is 44.6 Å². The fraction of sp³-hybridized carbons (Fsp3) is 0.129. The number of anilines is 1. The fourth-order valence-corrected chi connectivity index (χ4v) is 5.31. The Hall–Kier alpha value is -5.10. The lowest BCUT2D eigenvalue weighted by molar-refractivity contribution is 0.0964. The lowest BCUT2D eigenvalue weighted by Crippen LogP contribution is -2.25. The highest BCUT2D eigenvalue weighted by atomic mass is 32.2. The molecule has 0 aliphatic carbocycles. The Kier molecular flexibility index (Phi) is 6.93. The Labute approximate surface area is 244 Å². The van der Waals surface area contributed by atoms with E-state index in [1.54, 1.807) is 30.3 Å². The molecule has 0 radical (unpaired) electrons. The number of pyridine rings is 1. The molecule has 0 saturated heterocycles. The minimum atomic E-state index is -3.73. The molecular weight excluding hydrogens is 578 g/mol. The summed E-state index contributed by atoms with van der Waals surface area (Å²) in [5.74, 6) is -0.670. The molecule has 0 atom stereocenters. The number of hydrogen-bond acceptors (Lipinski definition) is 7. The molecule has 0 saturated carbocycles. The number of benzene rings is 3. The summed E-state index contributed by atoms with van der Waals surface area (Å²) >= 11 is 0. The molecule has 6 aromatic rings. The van der Waals surface area contributed by atoms with Crippen LogP contribution in [0.25, 0.3) is 44.8 Å². The SMILES string of the molecule is CNC(=O)c1c(-c2ccc(F)cc2)oc2cc(N(C)S(C)(=O)=O)c(-c3ccc4oc(Cc5ccc(F)cc5)nc4n3)cc12. The third-order valence-electron chi connectivity index (χ3n) is 7.05. The first-order valence-corrected chi connectivity index (χ1v) is 14.9. The Balaban J connectivity index is 1.53. The second-order valence-electron chi connectivity index (χ2n) is 9.92. The first kappa shape index (κ1) is 28.0. The van der Waals surface area contributed by atoms with Crippen LogP contribution >= 0.6 is 0 Å². The van der Waals surface area contributed by atoms with E-state index in [1.165, 1.54) is 56.6 Å². The maximum atomic E-state index is 13.7. The fourth-order valence-electron chi connectivity index (χ4n) is 4.80. The van der Waals surface area contributed by atoms with Gasteiger partial charge in [0.25, 0.3) is 5.91 Å². The Morgan fingerprint density at radius 3 is 2.23 bits per heavy atom. The third-order valence-corrected chi connectivity index (χ3v) is 8.24. The number of nitrogens with one attached hydrogen (secondary N) is 1. The molecule has 3 aromatic carbocycles. The van der Waals surface area contributed by atoms with E-state index in [0.717, 1.165) is 16.1 Å². The Bertz CT molecular complexity index is 2120. The van der Waals surface area contributed by atoms with Crippen LogP contribution in [-0.2, 0) is 16.4 Å². The number of oxazole rings is 1. The van der Waals surface area contributed by atoms with Crippen molar-refractivity contribution in [3.63, 3.8) is 0 Å². The van der Waals surface area contributed by atoms with E-state index in [9.17, 15) is 22.0 Å². The van der Waals surface area contributed by atoms with Gasteiger partial charge in [0.1, 0.15) is 23.0 Å². The quantitative estimate of drug-likeness (QED) is 0.241. The molecule has 0 spiro atoms. The molecule has 3 aromatic heterocycles. The van der Waals surface area contributed by atoms with Gasteiger partial charge in [0, 0.05) is 43.1 Å². The molecule has 9 nitrogen and oxygen atoms in total. The first-order valence-electron chi connectivity index (χ1n) is 13.1. The highest BCUT2D eigenvalue weighted by Gasteiger charge is 2.26. The van der Waals surface area contributed by atoms with Crippen molar-refractivity contribution in [3.05, 3.63) is 101 Å². The van der Waals surface area contributed by atoms with E-state index >= 15 is 0 Å². The number of amides is 1. The zero-order valence-electron chi connectivity index (χ0n) is 23.2. The number of hydrogen-bond donors (Lipinski definition) is 1. The van der Waals surface area contributed by atoms with Gasteiger partial charge in [-0.25, -0.2) is 22.2 Å². The number of halogens is 2. The normalized spacial score (nSPS) is 11.7. The Morgan fingerprint density at radius 2 is 1.58 bits per heavy atom. The number of furan rings is 1. The largest absolute Gasteiger partial charge is 0.455 e. The van der Waals surface area contributed by atoms with Gasteiger partial charge in [-0.1, -0.05) is 12.1 Å². The van der Waals surface area contributed by atoms with Gasteiger partial charge in [-0.3, -0.25) is 9.10 Å². The van der Waals surface area contributed by atoms with Gasteiger partial charge in [0.15, 0.2) is 11.2 Å². The Morgan fingerprint density at radius 1 is 0.907 bits per heavy atom. The van der Waals surface area contributed by atoms with Gasteiger partial charge in [-0.15, -0.1) is 0 Å². The molecule has 0 aliphatic heterocycles. The average molecular weight is 603 g/mol. The summed E-state index contributed by atoms with van der Waals surface area (Å²) in [5.41, 5.74) is 3.41. The zero-order valence-corrected chi connectivity index (χ0v) is 24.0. The maximum absolute atomic E-state index is 13.7. The lowest BCUT2D eigenvalue weighted by atomic mass is 10.0. The number of aromatic nitrogens is 2. The maximum Gasteiger partial charge on any atom is 0.255 e. The van der Waals surface area contributed by atoms with Crippen molar-refractivity contribution in [2.24, 2.45) is 0 Å². The van der Waals surface area contributed by atoms with Gasteiger partial charge in [-0.2, -0.15) is 4.98 Å². The van der Waals surface area contributed by atoms with E-state index < -0.39 is 21.7 Å². The summed E-state index contributed by atoms with van der Waals surface area (Å²) in [5, 5.41) is 3.01. The lowest BCUT2D eigenvalue weighted by Gasteiger charge is -2.20. The molecule has 1 amide bonds. The van der Waals surface area contributed by atoms with Gasteiger partial charge < -0.3 is 14.2 Å². The van der Waals surface area contributed by atoms with Crippen molar-refractivity contribution in [2.75, 3.05) is 24.7 Å². The number of carbonyl (C=O) groups is 1. The topological polar surface area (TPSA) is 119 Å². The highest BCUT2D eigenvalue weighted by Crippen LogP contribution is 2.41. The molecule has 6 rings (SSSR count). The van der Waals surface area contributed by atoms with E-state index in [2.05, 4.69) is 15.3 Å². The molecule has 0 unspecified atom stereocenters. The van der Waals surface area contributed by atoms with Crippen molar-refractivity contribution in [1.82, 2.24) is 15.3 Å². The van der Waals surface area contributed by atoms with Crippen LogP contribution in [0, 0.1) is 11.6 Å². The molecule has 43 heavy (non-hydrogen) atoms. The molecule has 1 N–H and O–H groups in total. The van der Waals surface area contributed by atoms with Crippen molar-refractivity contribution in [2.45, 2.75) is 6.42 Å². The van der Waals surface area contributed by atoms with Gasteiger partial charge in [0.2, 0.25) is 15.9 Å². The van der Waals surface area contributed by atoms with Crippen LogP contribution in [0.4, 0.5) is 14.5 Å². The minimum absolute atomic E-state index is 0.197. The molecule has 12 heteroatoms. The monoisotopic (exact) mass is 602 g/mol. The van der Waals surface area contributed by atoms with Crippen molar-refractivity contribution in [3.8, 4) is 22.6 Å². The summed E-state index contributed by atoms with van der Waals surface area (Å²) in [6.07, 6.45) is 1.38. The minimum Gasteiger partial charge on any atom is -0.455 e. The number of sulfonamides is 1. The predicted molar refractivity (Wildman–Crippen MR) is 158 cm³/mol. The second kappa shape index (κ2) is 10.6. The standard InChI is InChI=1S/C31H24F2N4O5S/c1-34-31(38)28-22-15-21(23-12-13-25-30(35-23)36-27(41-25)14-17-4-8-19(32)9-5-17)24(37(2)43(3,39)40)16-26(22)42-29(28)18-6-10-20(33)11-7-18/h4-13,15-16H,14H2,1-3H3,(H,34,38). The van der Waals surface area contributed by atoms with Crippen LogP contribution in [0.3, 0.4) is 0 Å². The van der Waals surface area contributed by atoms with Gasteiger partial charge in [-0.05, 0) is 60.2 Å². The van der Waals surface area contributed by atoms with E-state index in [-0.39, 0.29) is 34.1 Å². The van der Waals surface area contributed by atoms with Crippen LogP contribution in [0.1, 0.15) is 21.8 Å². The molecule has 0 aliphatic rings. The van der Waals surface area contributed by atoms with Crippen molar-refractivity contribution in [1.29, 1.82) is 0 Å². The van der Waals surface area contributed by atoms with Crippen molar-refractivity contribution >= 4 is 43.8 Å². The number of carbonyl (C=O) groups excluding carboxylic acids is 1. The average Bonchev–Trinajstić information content (AvgIpc) is 3.56. The van der Waals surface area contributed by atoms with Crippen LogP contribution in [0.15, 0.2) is 81.6 Å². The van der Waals surface area contributed by atoms with Crippen LogP contribution in [0.2, 0.25) is 0 Å². The summed E-state index contributed by atoms with van der Waals surface area (Å²) < 4.78 is 65.4. The summed E-state index contributed by atoms with van der Waals surface area (Å²) in [7, 11) is -0.850. The molecule has 0 fully saturated rings. The van der Waals surface area contributed by atoms with Gasteiger partial charge in [0.05, 0.1) is 23.2 Å². The summed E-state index contributed by atoms with van der Waals surface area (Å²) in [4.78, 5) is 22.3. The number of nitrogens with zero attached hydrogens (tertiary/aromatic N) is 3. The number of rotatable bonds is 7. The molecule has 3 heterocycles. The smallest absolute Gasteiger partial charge is 0.255 e. The second-order valence-corrected chi connectivity index (χ2v) is 11.9. The van der Waals surface area contributed by atoms with E-state index in [0.29, 0.717) is 40.1 Å². The zero-order chi connectivity index (χ0) is 30.5. The molecule has 0 bridgehead atoms. The predicted octanol–water partition coefficient (Wildman–Crippen LogP) is 5.93. The molecular formula is C31H24F2N4O5S. The third kappa shape index (κ3) is 5.32. The van der Waals surface area contributed by atoms with Gasteiger partial charge >= 0.3 is 0 Å². The van der Waals surface area contributed by atoms with Crippen molar-refractivity contribution < 1.29 is 30.8 Å². The number of fused-ring (bicyclic) bond motifs is 2. The summed E-state index contributed by atoms with van der Waals surface area (Å²) in [6, 6.07) is 18.0. The van der Waals surface area contributed by atoms with Crippen LogP contribution < -0.4 is 9.62 Å². The molecule has 218 valence electrons. The highest BCUT2D eigenvalue weighted by molar-refractivity contribution is 7.92. The first-order chi connectivity index (χ1) is 20.5. The van der Waals surface area contributed by atoms with E-state index in [4.69, 9.17) is 8.83 Å².